The molecule has 0 heterocycles. The SMILES string of the molecule is CCCCCOCC(C#N)(NC1CC1)c1ccccc1. The Kier molecular flexibility index (Phi) is 5.58. The van der Waals surface area contributed by atoms with Crippen LogP contribution in [0, 0.1) is 11.3 Å². The van der Waals surface area contributed by atoms with E-state index in [-0.39, 0.29) is 0 Å². The molecule has 1 aliphatic rings. The van der Waals surface area contributed by atoms with Gasteiger partial charge in [0.15, 0.2) is 5.54 Å². The van der Waals surface area contributed by atoms with Crippen molar-refractivity contribution in [1.82, 2.24) is 5.32 Å². The monoisotopic (exact) mass is 272 g/mol. The molecule has 1 unspecified atom stereocenters. The van der Waals surface area contributed by atoms with E-state index in [0.29, 0.717) is 12.6 Å². The molecule has 0 aromatic heterocycles. The van der Waals surface area contributed by atoms with E-state index in [4.69, 9.17) is 4.74 Å². The van der Waals surface area contributed by atoms with Crippen LogP contribution in [-0.2, 0) is 10.3 Å². The molecule has 1 aromatic carbocycles. The van der Waals surface area contributed by atoms with Gasteiger partial charge >= 0.3 is 0 Å². The van der Waals surface area contributed by atoms with E-state index < -0.39 is 5.54 Å². The van der Waals surface area contributed by atoms with Gasteiger partial charge in [0.2, 0.25) is 0 Å². The minimum absolute atomic E-state index is 0.424. The van der Waals surface area contributed by atoms with Gasteiger partial charge in [0.25, 0.3) is 0 Å². The second kappa shape index (κ2) is 7.42. The third-order valence-corrected chi connectivity index (χ3v) is 3.70. The molecule has 0 bridgehead atoms. The molecule has 20 heavy (non-hydrogen) atoms. The van der Waals surface area contributed by atoms with Crippen LogP contribution in [-0.4, -0.2) is 19.3 Å². The standard InChI is InChI=1S/C17H24N2O/c1-2-3-7-12-20-14-17(13-18,19-16-10-11-16)15-8-5-4-6-9-15/h4-6,8-9,16,19H,2-3,7,10-12,14H2,1H3. The second-order valence-electron chi connectivity index (χ2n) is 5.56. The van der Waals surface area contributed by atoms with Crippen molar-refractivity contribution >= 4 is 0 Å². The van der Waals surface area contributed by atoms with Crippen molar-refractivity contribution in [2.24, 2.45) is 0 Å². The average molecular weight is 272 g/mol. The molecule has 1 saturated carbocycles. The van der Waals surface area contributed by atoms with Crippen LogP contribution in [0.25, 0.3) is 0 Å². The normalized spacial score (nSPS) is 17.4. The molecule has 3 heteroatoms. The summed E-state index contributed by atoms with van der Waals surface area (Å²) in [7, 11) is 0. The van der Waals surface area contributed by atoms with Crippen LogP contribution in [0.1, 0.15) is 44.6 Å². The Morgan fingerprint density at radius 2 is 2.05 bits per heavy atom. The van der Waals surface area contributed by atoms with Crippen LogP contribution in [0.15, 0.2) is 30.3 Å². The van der Waals surface area contributed by atoms with Crippen molar-refractivity contribution in [2.75, 3.05) is 13.2 Å². The van der Waals surface area contributed by atoms with Crippen LogP contribution in [0.3, 0.4) is 0 Å². The lowest BCUT2D eigenvalue weighted by molar-refractivity contribution is 0.0849. The molecule has 0 amide bonds. The van der Waals surface area contributed by atoms with Crippen LogP contribution >= 0.6 is 0 Å². The summed E-state index contributed by atoms with van der Waals surface area (Å²) < 4.78 is 5.79. The number of nitrogens with one attached hydrogen (secondary N) is 1. The first kappa shape index (κ1) is 15.0. The van der Waals surface area contributed by atoms with Gasteiger partial charge in [-0.1, -0.05) is 50.1 Å². The molecular formula is C17H24N2O. The molecule has 3 nitrogen and oxygen atoms in total. The molecule has 1 aliphatic carbocycles. The zero-order valence-electron chi connectivity index (χ0n) is 12.3. The highest BCUT2D eigenvalue weighted by Crippen LogP contribution is 2.28. The summed E-state index contributed by atoms with van der Waals surface area (Å²) in [5.74, 6) is 0. The third-order valence-electron chi connectivity index (χ3n) is 3.70. The minimum Gasteiger partial charge on any atom is -0.378 e. The molecule has 0 aliphatic heterocycles. The Bertz CT molecular complexity index is 436. The maximum atomic E-state index is 9.72. The van der Waals surface area contributed by atoms with Gasteiger partial charge in [-0.3, -0.25) is 5.32 Å². The van der Waals surface area contributed by atoms with Crippen molar-refractivity contribution in [1.29, 1.82) is 5.26 Å². The maximum absolute atomic E-state index is 9.72. The van der Waals surface area contributed by atoms with Crippen LogP contribution in [0.2, 0.25) is 0 Å². The Morgan fingerprint density at radius 1 is 1.30 bits per heavy atom. The fourth-order valence-corrected chi connectivity index (χ4v) is 2.32. The number of ether oxygens (including phenoxy) is 1. The Morgan fingerprint density at radius 3 is 2.65 bits per heavy atom. The molecule has 1 fully saturated rings. The first-order chi connectivity index (χ1) is 9.80. The fraction of sp³-hybridized carbons (Fsp3) is 0.588. The van der Waals surface area contributed by atoms with E-state index in [2.05, 4.69) is 18.3 Å². The zero-order valence-corrected chi connectivity index (χ0v) is 12.3. The summed E-state index contributed by atoms with van der Waals surface area (Å²) in [6, 6.07) is 12.9. The lowest BCUT2D eigenvalue weighted by atomic mass is 9.92. The number of hydrogen-bond donors (Lipinski definition) is 1. The summed E-state index contributed by atoms with van der Waals surface area (Å²) in [4.78, 5) is 0. The second-order valence-corrected chi connectivity index (χ2v) is 5.56. The smallest absolute Gasteiger partial charge is 0.156 e. The largest absolute Gasteiger partial charge is 0.378 e. The highest BCUT2D eigenvalue weighted by atomic mass is 16.5. The third kappa shape index (κ3) is 4.06. The highest BCUT2D eigenvalue weighted by Gasteiger charge is 2.38. The van der Waals surface area contributed by atoms with E-state index >= 15 is 0 Å². The summed E-state index contributed by atoms with van der Waals surface area (Å²) >= 11 is 0. The summed E-state index contributed by atoms with van der Waals surface area (Å²) in [5, 5.41) is 13.2. The molecule has 1 N–H and O–H groups in total. The van der Waals surface area contributed by atoms with Crippen molar-refractivity contribution < 1.29 is 4.74 Å². The van der Waals surface area contributed by atoms with Crippen molar-refractivity contribution in [3.8, 4) is 6.07 Å². The number of hydrogen-bond acceptors (Lipinski definition) is 3. The number of benzene rings is 1. The van der Waals surface area contributed by atoms with Crippen LogP contribution in [0.4, 0.5) is 0 Å². The molecule has 0 saturated heterocycles. The molecule has 1 atom stereocenters. The summed E-state index contributed by atoms with van der Waals surface area (Å²) in [6.07, 6.45) is 5.75. The van der Waals surface area contributed by atoms with Gasteiger partial charge in [0, 0.05) is 12.6 Å². The average Bonchev–Trinajstić information content (AvgIpc) is 3.30. The van der Waals surface area contributed by atoms with E-state index in [1.807, 2.05) is 30.3 Å². The maximum Gasteiger partial charge on any atom is 0.156 e. The molecular weight excluding hydrogens is 248 g/mol. The quantitative estimate of drug-likeness (QED) is 0.701. The first-order valence-electron chi connectivity index (χ1n) is 7.63. The van der Waals surface area contributed by atoms with Crippen LogP contribution < -0.4 is 5.32 Å². The topological polar surface area (TPSA) is 45.0 Å². The number of unbranched alkanes of at least 4 members (excludes halogenated alkanes) is 2. The predicted octanol–water partition coefficient (Wildman–Crippen LogP) is 3.36. The van der Waals surface area contributed by atoms with Crippen molar-refractivity contribution in [2.45, 2.75) is 50.6 Å². The van der Waals surface area contributed by atoms with Gasteiger partial charge in [-0.25, -0.2) is 0 Å². The molecule has 0 spiro atoms. The van der Waals surface area contributed by atoms with Gasteiger partial charge < -0.3 is 4.74 Å². The van der Waals surface area contributed by atoms with Crippen LogP contribution in [0.5, 0.6) is 0 Å². The predicted molar refractivity (Wildman–Crippen MR) is 80.2 cm³/mol. The minimum atomic E-state index is -0.700. The molecule has 0 radical (unpaired) electrons. The highest BCUT2D eigenvalue weighted by molar-refractivity contribution is 5.32. The molecule has 108 valence electrons. The summed E-state index contributed by atoms with van der Waals surface area (Å²) in [5.41, 5.74) is 0.305. The van der Waals surface area contributed by atoms with E-state index in [9.17, 15) is 5.26 Å². The number of rotatable bonds is 9. The molecule has 1 aromatic rings. The lowest BCUT2D eigenvalue weighted by Crippen LogP contribution is -2.46. The first-order valence-corrected chi connectivity index (χ1v) is 7.63. The Hall–Kier alpha value is -1.37. The van der Waals surface area contributed by atoms with Gasteiger partial charge in [-0.15, -0.1) is 0 Å². The Balaban J connectivity index is 2.01. The van der Waals surface area contributed by atoms with Gasteiger partial charge in [-0.2, -0.15) is 5.26 Å². The number of nitrogens with zero attached hydrogens (tertiary/aromatic N) is 1. The van der Waals surface area contributed by atoms with E-state index in [1.54, 1.807) is 0 Å². The van der Waals surface area contributed by atoms with Gasteiger partial charge in [-0.05, 0) is 24.8 Å². The van der Waals surface area contributed by atoms with E-state index in [0.717, 1.165) is 31.4 Å². The number of nitriles is 1. The van der Waals surface area contributed by atoms with Crippen molar-refractivity contribution in [3.63, 3.8) is 0 Å². The zero-order chi connectivity index (χ0) is 14.3. The summed E-state index contributed by atoms with van der Waals surface area (Å²) in [6.45, 7) is 3.34. The van der Waals surface area contributed by atoms with E-state index in [1.165, 1.54) is 12.8 Å². The van der Waals surface area contributed by atoms with Crippen molar-refractivity contribution in [3.05, 3.63) is 35.9 Å². The Labute approximate surface area is 121 Å². The van der Waals surface area contributed by atoms with Gasteiger partial charge in [0.1, 0.15) is 0 Å². The van der Waals surface area contributed by atoms with Gasteiger partial charge in [0.05, 0.1) is 12.7 Å². The fourth-order valence-electron chi connectivity index (χ4n) is 2.32. The lowest BCUT2D eigenvalue weighted by Gasteiger charge is -2.28. The molecule has 2 rings (SSSR count).